The molecule has 0 amide bonds. The Morgan fingerprint density at radius 1 is 1.31 bits per heavy atom. The van der Waals surface area contributed by atoms with Gasteiger partial charge in [0.25, 0.3) is 0 Å². The molecule has 0 bridgehead atoms. The molecule has 2 N–H and O–H groups in total. The zero-order valence-electron chi connectivity index (χ0n) is 10.8. The van der Waals surface area contributed by atoms with E-state index in [2.05, 4.69) is 33.8 Å². The van der Waals surface area contributed by atoms with Crippen LogP contribution >= 0.6 is 0 Å². The lowest BCUT2D eigenvalue weighted by Crippen LogP contribution is -2.30. The van der Waals surface area contributed by atoms with Crippen LogP contribution < -0.4 is 10.5 Å². The smallest absolute Gasteiger partial charge is 0.122 e. The molecule has 0 saturated carbocycles. The van der Waals surface area contributed by atoms with Crippen molar-refractivity contribution in [3.05, 3.63) is 29.3 Å². The topological polar surface area (TPSA) is 35.2 Å². The number of nitrogens with two attached hydrogens (primary N) is 1. The first-order valence-electron chi connectivity index (χ1n) is 5.91. The summed E-state index contributed by atoms with van der Waals surface area (Å²) in [5.74, 6) is 1.00. The Morgan fingerprint density at radius 3 is 2.56 bits per heavy atom. The molecule has 1 aromatic rings. The highest BCUT2D eigenvalue weighted by Gasteiger charge is 2.17. The van der Waals surface area contributed by atoms with Crippen LogP contribution in [0.15, 0.2) is 18.2 Å². The van der Waals surface area contributed by atoms with Gasteiger partial charge in [0.1, 0.15) is 5.75 Å². The first-order valence-corrected chi connectivity index (χ1v) is 5.91. The van der Waals surface area contributed by atoms with Gasteiger partial charge in [0.05, 0.1) is 6.61 Å². The van der Waals surface area contributed by atoms with E-state index in [4.69, 9.17) is 10.5 Å². The van der Waals surface area contributed by atoms with Gasteiger partial charge in [-0.3, -0.25) is 0 Å². The van der Waals surface area contributed by atoms with Crippen LogP contribution in [-0.4, -0.2) is 13.2 Å². The molecule has 2 heteroatoms. The highest BCUT2D eigenvalue weighted by Crippen LogP contribution is 2.24. The van der Waals surface area contributed by atoms with E-state index < -0.39 is 0 Å². The molecule has 0 aliphatic carbocycles. The van der Waals surface area contributed by atoms with Gasteiger partial charge in [-0.05, 0) is 30.5 Å². The maximum absolute atomic E-state index is 5.88. The largest absolute Gasteiger partial charge is 0.493 e. The van der Waals surface area contributed by atoms with E-state index in [0.29, 0.717) is 13.2 Å². The second-order valence-corrected chi connectivity index (χ2v) is 5.06. The molecule has 0 aromatic heterocycles. The summed E-state index contributed by atoms with van der Waals surface area (Å²) >= 11 is 0. The Balaban J connectivity index is 2.78. The van der Waals surface area contributed by atoms with Gasteiger partial charge in [-0.15, -0.1) is 0 Å². The molecule has 16 heavy (non-hydrogen) atoms. The van der Waals surface area contributed by atoms with Gasteiger partial charge in [-0.1, -0.05) is 32.9 Å². The highest BCUT2D eigenvalue weighted by atomic mass is 16.5. The first-order chi connectivity index (χ1) is 7.50. The number of hydrogen-bond donors (Lipinski definition) is 1. The molecule has 2 nitrogen and oxygen atoms in total. The van der Waals surface area contributed by atoms with Gasteiger partial charge in [0.2, 0.25) is 0 Å². The van der Waals surface area contributed by atoms with Gasteiger partial charge in [-0.25, -0.2) is 0 Å². The summed E-state index contributed by atoms with van der Waals surface area (Å²) in [6, 6.07) is 6.21. The van der Waals surface area contributed by atoms with Crippen molar-refractivity contribution in [2.24, 2.45) is 11.1 Å². The van der Waals surface area contributed by atoms with Crippen LogP contribution in [0.1, 0.15) is 31.9 Å². The molecule has 0 heterocycles. The molecule has 90 valence electrons. The van der Waals surface area contributed by atoms with Gasteiger partial charge >= 0.3 is 0 Å². The molecular formula is C14H23NO. The molecule has 0 saturated heterocycles. The average molecular weight is 221 g/mol. The summed E-state index contributed by atoms with van der Waals surface area (Å²) in [6.45, 7) is 9.83. The second kappa shape index (κ2) is 5.35. The summed E-state index contributed by atoms with van der Waals surface area (Å²) in [5, 5.41) is 0. The van der Waals surface area contributed by atoms with Crippen LogP contribution in [0.4, 0.5) is 0 Å². The predicted octanol–water partition coefficient (Wildman–Crippen LogP) is 2.92. The maximum Gasteiger partial charge on any atom is 0.122 e. The third-order valence-electron chi connectivity index (χ3n) is 2.89. The lowest BCUT2D eigenvalue weighted by Gasteiger charge is -2.23. The fourth-order valence-electron chi connectivity index (χ4n) is 1.60. The van der Waals surface area contributed by atoms with Crippen LogP contribution in [0.2, 0.25) is 0 Å². The maximum atomic E-state index is 5.88. The van der Waals surface area contributed by atoms with Gasteiger partial charge in [0, 0.05) is 12.0 Å². The van der Waals surface area contributed by atoms with Crippen LogP contribution in [0.5, 0.6) is 5.75 Å². The minimum atomic E-state index is 0.0365. The van der Waals surface area contributed by atoms with Gasteiger partial charge in [0.15, 0.2) is 0 Å². The Kier molecular flexibility index (Phi) is 4.36. The fraction of sp³-hybridized carbons (Fsp3) is 0.571. The summed E-state index contributed by atoms with van der Waals surface area (Å²) < 4.78 is 5.88. The van der Waals surface area contributed by atoms with E-state index in [0.717, 1.165) is 12.2 Å². The Bertz CT molecular complexity index is 345. The third kappa shape index (κ3) is 3.24. The molecule has 0 atom stereocenters. The van der Waals surface area contributed by atoms with Crippen LogP contribution in [0, 0.1) is 12.3 Å². The second-order valence-electron chi connectivity index (χ2n) is 5.06. The van der Waals surface area contributed by atoms with Crippen LogP contribution in [0.25, 0.3) is 0 Å². The predicted molar refractivity (Wildman–Crippen MR) is 68.9 cm³/mol. The lowest BCUT2D eigenvalue weighted by molar-refractivity contribution is 0.186. The molecule has 0 fully saturated rings. The molecular weight excluding hydrogens is 198 g/mol. The third-order valence-corrected chi connectivity index (χ3v) is 2.89. The Morgan fingerprint density at radius 2 is 2.00 bits per heavy atom. The number of benzene rings is 1. The van der Waals surface area contributed by atoms with E-state index in [1.807, 2.05) is 12.1 Å². The SMILES string of the molecule is CCc1c(C)cccc1OCC(C)(C)CN. The van der Waals surface area contributed by atoms with Crippen molar-refractivity contribution in [3.8, 4) is 5.75 Å². The van der Waals surface area contributed by atoms with Crippen molar-refractivity contribution >= 4 is 0 Å². The highest BCUT2D eigenvalue weighted by molar-refractivity contribution is 5.39. The van der Waals surface area contributed by atoms with Crippen molar-refractivity contribution in [3.63, 3.8) is 0 Å². The molecule has 0 radical (unpaired) electrons. The van der Waals surface area contributed by atoms with E-state index in [1.54, 1.807) is 0 Å². The zero-order valence-corrected chi connectivity index (χ0v) is 10.8. The van der Waals surface area contributed by atoms with Crippen molar-refractivity contribution in [1.82, 2.24) is 0 Å². The lowest BCUT2D eigenvalue weighted by atomic mass is 9.95. The minimum Gasteiger partial charge on any atom is -0.493 e. The molecule has 1 aromatic carbocycles. The fourth-order valence-corrected chi connectivity index (χ4v) is 1.60. The molecule has 0 aliphatic heterocycles. The van der Waals surface area contributed by atoms with E-state index >= 15 is 0 Å². The number of aryl methyl sites for hydroxylation is 1. The number of rotatable bonds is 5. The van der Waals surface area contributed by atoms with Gasteiger partial charge < -0.3 is 10.5 Å². The summed E-state index contributed by atoms with van der Waals surface area (Å²) in [4.78, 5) is 0. The first kappa shape index (κ1) is 13.0. The molecule has 0 aliphatic rings. The molecule has 0 unspecified atom stereocenters. The normalized spacial score (nSPS) is 11.6. The monoisotopic (exact) mass is 221 g/mol. The quantitative estimate of drug-likeness (QED) is 0.829. The van der Waals surface area contributed by atoms with Crippen molar-refractivity contribution in [1.29, 1.82) is 0 Å². The van der Waals surface area contributed by atoms with Crippen molar-refractivity contribution in [2.45, 2.75) is 34.1 Å². The van der Waals surface area contributed by atoms with Crippen LogP contribution in [-0.2, 0) is 6.42 Å². The molecule has 0 spiro atoms. The van der Waals surface area contributed by atoms with E-state index in [1.165, 1.54) is 11.1 Å². The van der Waals surface area contributed by atoms with E-state index in [9.17, 15) is 0 Å². The van der Waals surface area contributed by atoms with Gasteiger partial charge in [-0.2, -0.15) is 0 Å². The summed E-state index contributed by atoms with van der Waals surface area (Å²) in [7, 11) is 0. The van der Waals surface area contributed by atoms with Crippen molar-refractivity contribution < 1.29 is 4.74 Å². The number of hydrogen-bond acceptors (Lipinski definition) is 2. The summed E-state index contributed by atoms with van der Waals surface area (Å²) in [6.07, 6.45) is 1.01. The molecule has 1 rings (SSSR count). The van der Waals surface area contributed by atoms with E-state index in [-0.39, 0.29) is 5.41 Å². The van der Waals surface area contributed by atoms with Crippen molar-refractivity contribution in [2.75, 3.05) is 13.2 Å². The Hall–Kier alpha value is -1.02. The minimum absolute atomic E-state index is 0.0365. The Labute approximate surface area is 98.8 Å². The standard InChI is InChI=1S/C14H23NO/c1-5-12-11(2)7-6-8-13(12)16-10-14(3,4)9-15/h6-8H,5,9-10,15H2,1-4H3. The zero-order chi connectivity index (χ0) is 12.2. The number of ether oxygens (including phenoxy) is 1. The van der Waals surface area contributed by atoms with Crippen LogP contribution in [0.3, 0.4) is 0 Å². The average Bonchev–Trinajstić information content (AvgIpc) is 2.26. The summed E-state index contributed by atoms with van der Waals surface area (Å²) in [5.41, 5.74) is 8.33.